The van der Waals surface area contributed by atoms with E-state index in [4.69, 9.17) is 4.42 Å². The van der Waals surface area contributed by atoms with Crippen molar-refractivity contribution in [2.45, 2.75) is 37.5 Å². The molecular weight excluding hydrogens is 274 g/mol. The lowest BCUT2D eigenvalue weighted by molar-refractivity contribution is 0.463. The van der Waals surface area contributed by atoms with Gasteiger partial charge in [0.25, 0.3) is 0 Å². The molecule has 2 heterocycles. The van der Waals surface area contributed by atoms with Crippen LogP contribution in [0.25, 0.3) is 0 Å². The third-order valence-corrected chi connectivity index (χ3v) is 4.71. The lowest BCUT2D eigenvalue weighted by atomic mass is 10.1. The number of piperidine rings is 1. The highest BCUT2D eigenvalue weighted by molar-refractivity contribution is 5.49. The van der Waals surface area contributed by atoms with Crippen LogP contribution in [0.5, 0.6) is 0 Å². The van der Waals surface area contributed by atoms with Crippen molar-refractivity contribution in [2.24, 2.45) is 0 Å². The Morgan fingerprint density at radius 3 is 2.59 bits per heavy atom. The van der Waals surface area contributed by atoms with Crippen molar-refractivity contribution >= 4 is 5.88 Å². The van der Waals surface area contributed by atoms with E-state index < -0.39 is 0 Å². The van der Waals surface area contributed by atoms with Crippen molar-refractivity contribution in [1.29, 1.82) is 5.26 Å². The van der Waals surface area contributed by atoms with Crippen molar-refractivity contribution in [2.75, 3.05) is 18.0 Å². The summed E-state index contributed by atoms with van der Waals surface area (Å²) in [6, 6.07) is 12.7. The summed E-state index contributed by atoms with van der Waals surface area (Å²) < 4.78 is 6.01. The lowest BCUT2D eigenvalue weighted by Crippen LogP contribution is -2.29. The number of benzene rings is 1. The SMILES string of the molecule is N#Cc1nc([C@H]2C[C@H]2c2ccccc2)oc1N1CCCCC1. The molecule has 0 radical (unpaired) electrons. The molecule has 1 aromatic heterocycles. The molecule has 0 N–H and O–H groups in total. The Labute approximate surface area is 130 Å². The van der Waals surface area contributed by atoms with Crippen molar-refractivity contribution in [3.63, 3.8) is 0 Å². The first-order chi connectivity index (χ1) is 10.9. The summed E-state index contributed by atoms with van der Waals surface area (Å²) in [5.41, 5.74) is 1.79. The molecule has 112 valence electrons. The van der Waals surface area contributed by atoms with Crippen molar-refractivity contribution in [3.05, 3.63) is 47.5 Å². The van der Waals surface area contributed by atoms with Crippen LogP contribution in [0, 0.1) is 11.3 Å². The maximum absolute atomic E-state index is 9.35. The molecular formula is C18H19N3O. The Morgan fingerprint density at radius 2 is 1.86 bits per heavy atom. The summed E-state index contributed by atoms with van der Waals surface area (Å²) in [4.78, 5) is 6.65. The van der Waals surface area contributed by atoms with Gasteiger partial charge in [-0.1, -0.05) is 30.3 Å². The van der Waals surface area contributed by atoms with Crippen molar-refractivity contribution in [1.82, 2.24) is 4.98 Å². The first kappa shape index (κ1) is 13.4. The van der Waals surface area contributed by atoms with Gasteiger partial charge in [-0.05, 0) is 37.2 Å². The molecule has 2 atom stereocenters. The molecule has 4 rings (SSSR count). The number of rotatable bonds is 3. The van der Waals surface area contributed by atoms with Gasteiger partial charge in [-0.15, -0.1) is 0 Å². The zero-order valence-electron chi connectivity index (χ0n) is 12.5. The minimum atomic E-state index is 0.327. The van der Waals surface area contributed by atoms with E-state index in [0.29, 0.717) is 23.4 Å². The normalized spacial score (nSPS) is 24.0. The quantitative estimate of drug-likeness (QED) is 0.863. The zero-order chi connectivity index (χ0) is 14.9. The Bertz CT molecular complexity index is 695. The average Bonchev–Trinajstić information content (AvgIpc) is 3.28. The number of hydrogen-bond donors (Lipinski definition) is 0. The van der Waals surface area contributed by atoms with E-state index in [0.717, 1.165) is 38.2 Å². The smallest absolute Gasteiger partial charge is 0.234 e. The average molecular weight is 293 g/mol. The molecule has 0 amide bonds. The second kappa shape index (κ2) is 5.49. The number of oxazole rings is 1. The van der Waals surface area contributed by atoms with Gasteiger partial charge >= 0.3 is 0 Å². The van der Waals surface area contributed by atoms with E-state index in [9.17, 15) is 5.26 Å². The van der Waals surface area contributed by atoms with Crippen molar-refractivity contribution in [3.8, 4) is 6.07 Å². The summed E-state index contributed by atoms with van der Waals surface area (Å²) in [6.07, 6.45) is 4.65. The van der Waals surface area contributed by atoms with Gasteiger partial charge in [-0.2, -0.15) is 5.26 Å². The molecule has 2 fully saturated rings. The van der Waals surface area contributed by atoms with Crippen LogP contribution in [0.4, 0.5) is 5.88 Å². The van der Waals surface area contributed by atoms with E-state index in [2.05, 4.69) is 40.2 Å². The van der Waals surface area contributed by atoms with Gasteiger partial charge in [0, 0.05) is 19.0 Å². The van der Waals surface area contributed by atoms with E-state index in [1.807, 2.05) is 6.07 Å². The molecule has 1 saturated heterocycles. The van der Waals surface area contributed by atoms with Gasteiger partial charge in [0.05, 0.1) is 0 Å². The summed E-state index contributed by atoms with van der Waals surface area (Å²) in [5.74, 6) is 2.25. The molecule has 2 aromatic rings. The van der Waals surface area contributed by atoms with Crippen LogP contribution in [0.3, 0.4) is 0 Å². The van der Waals surface area contributed by atoms with E-state index in [-0.39, 0.29) is 0 Å². The molecule has 22 heavy (non-hydrogen) atoms. The van der Waals surface area contributed by atoms with Crippen LogP contribution in [0.15, 0.2) is 34.7 Å². The molecule has 1 aromatic carbocycles. The Kier molecular flexibility index (Phi) is 3.34. The highest BCUT2D eigenvalue weighted by Crippen LogP contribution is 2.54. The molecule has 1 saturated carbocycles. The van der Waals surface area contributed by atoms with Gasteiger partial charge in [0.2, 0.25) is 17.5 Å². The molecule has 4 heteroatoms. The fourth-order valence-corrected chi connectivity index (χ4v) is 3.41. The molecule has 0 unspecified atom stereocenters. The summed E-state index contributed by atoms with van der Waals surface area (Å²) in [6.45, 7) is 1.94. The fraction of sp³-hybridized carbons (Fsp3) is 0.444. The van der Waals surface area contributed by atoms with Crippen LogP contribution < -0.4 is 4.90 Å². The van der Waals surface area contributed by atoms with E-state index >= 15 is 0 Å². The number of anilines is 1. The van der Waals surface area contributed by atoms with Crippen LogP contribution in [-0.4, -0.2) is 18.1 Å². The van der Waals surface area contributed by atoms with Crippen LogP contribution in [-0.2, 0) is 0 Å². The van der Waals surface area contributed by atoms with Crippen LogP contribution in [0.2, 0.25) is 0 Å². The minimum absolute atomic E-state index is 0.327. The summed E-state index contributed by atoms with van der Waals surface area (Å²) >= 11 is 0. The first-order valence-electron chi connectivity index (χ1n) is 8.07. The fourth-order valence-electron chi connectivity index (χ4n) is 3.41. The molecule has 1 aliphatic heterocycles. The van der Waals surface area contributed by atoms with Gasteiger partial charge in [0.15, 0.2) is 0 Å². The maximum Gasteiger partial charge on any atom is 0.234 e. The van der Waals surface area contributed by atoms with Crippen LogP contribution >= 0.6 is 0 Å². The highest BCUT2D eigenvalue weighted by atomic mass is 16.4. The standard InChI is InChI=1S/C18H19N3O/c19-12-16-18(21-9-5-2-6-10-21)22-17(20-16)15-11-14(15)13-7-3-1-4-8-13/h1,3-4,7-8,14-15H,2,5-6,9-11H2/t14-,15-/m0/s1. The number of aromatic nitrogens is 1. The Hall–Kier alpha value is -2.28. The second-order valence-corrected chi connectivity index (χ2v) is 6.22. The Balaban J connectivity index is 1.57. The van der Waals surface area contributed by atoms with Crippen LogP contribution in [0.1, 0.15) is 54.7 Å². The minimum Gasteiger partial charge on any atom is -0.423 e. The van der Waals surface area contributed by atoms with Gasteiger partial charge in [-0.25, -0.2) is 4.98 Å². The number of hydrogen-bond acceptors (Lipinski definition) is 4. The summed E-state index contributed by atoms with van der Waals surface area (Å²) in [7, 11) is 0. The monoisotopic (exact) mass is 293 g/mol. The van der Waals surface area contributed by atoms with Gasteiger partial charge < -0.3 is 9.32 Å². The van der Waals surface area contributed by atoms with Gasteiger partial charge in [-0.3, -0.25) is 0 Å². The molecule has 1 aliphatic carbocycles. The summed E-state index contributed by atoms with van der Waals surface area (Å²) in [5, 5.41) is 9.35. The number of nitriles is 1. The predicted octanol–water partition coefficient (Wildman–Crippen LogP) is 3.81. The van der Waals surface area contributed by atoms with Gasteiger partial charge in [0.1, 0.15) is 6.07 Å². The molecule has 0 spiro atoms. The molecule has 0 bridgehead atoms. The number of nitrogens with zero attached hydrogens (tertiary/aromatic N) is 3. The van der Waals surface area contributed by atoms with E-state index in [1.54, 1.807) is 0 Å². The largest absolute Gasteiger partial charge is 0.423 e. The first-order valence-corrected chi connectivity index (χ1v) is 8.07. The maximum atomic E-state index is 9.35. The highest BCUT2D eigenvalue weighted by Gasteiger charge is 2.44. The Morgan fingerprint density at radius 1 is 1.09 bits per heavy atom. The third-order valence-electron chi connectivity index (χ3n) is 4.71. The lowest BCUT2D eigenvalue weighted by Gasteiger charge is -2.25. The second-order valence-electron chi connectivity index (χ2n) is 6.22. The third kappa shape index (κ3) is 2.37. The zero-order valence-corrected chi connectivity index (χ0v) is 12.5. The topological polar surface area (TPSA) is 53.1 Å². The predicted molar refractivity (Wildman–Crippen MR) is 83.8 cm³/mol. The molecule has 4 nitrogen and oxygen atoms in total. The van der Waals surface area contributed by atoms with Crippen molar-refractivity contribution < 1.29 is 4.42 Å². The molecule has 2 aliphatic rings. The van der Waals surface area contributed by atoms with E-state index in [1.165, 1.54) is 12.0 Å².